The first-order valence-electron chi connectivity index (χ1n) is 7.42. The van der Waals surface area contributed by atoms with Crippen molar-refractivity contribution in [1.82, 2.24) is 4.90 Å². The number of hydrogen-bond donors (Lipinski definition) is 1. The van der Waals surface area contributed by atoms with Gasteiger partial charge < -0.3 is 10.0 Å². The Morgan fingerprint density at radius 1 is 1.38 bits per heavy atom. The summed E-state index contributed by atoms with van der Waals surface area (Å²) >= 11 is 0. The molecule has 3 aliphatic rings. The van der Waals surface area contributed by atoms with Gasteiger partial charge in [0.05, 0.1) is 5.60 Å². The summed E-state index contributed by atoms with van der Waals surface area (Å²) in [6.45, 7) is 5.06. The molecule has 2 heterocycles. The molecule has 0 saturated heterocycles. The second-order valence-electron chi connectivity index (χ2n) is 6.67. The maximum atomic E-state index is 12.9. The molecule has 3 rings (SSSR count). The summed E-state index contributed by atoms with van der Waals surface area (Å²) in [5.41, 5.74) is -0.0476. The minimum absolute atomic E-state index is 0.0468. The van der Waals surface area contributed by atoms with Gasteiger partial charge in [-0.15, -0.1) is 0 Å². The van der Waals surface area contributed by atoms with Crippen LogP contribution in [0.2, 0.25) is 0 Å². The Morgan fingerprint density at radius 2 is 2.10 bits per heavy atom. The molecule has 0 aromatic rings. The van der Waals surface area contributed by atoms with E-state index in [2.05, 4.69) is 0 Å². The molecule has 3 unspecified atom stereocenters. The molecule has 1 saturated carbocycles. The zero-order valence-electron chi connectivity index (χ0n) is 12.7. The van der Waals surface area contributed by atoms with Gasteiger partial charge in [-0.05, 0) is 52.2 Å². The molecule has 1 N–H and O–H groups in total. The van der Waals surface area contributed by atoms with Gasteiger partial charge in [-0.2, -0.15) is 0 Å². The Balaban J connectivity index is 2.03. The second kappa shape index (κ2) is 4.41. The van der Waals surface area contributed by atoms with Crippen molar-refractivity contribution in [2.24, 2.45) is 5.92 Å². The lowest BCUT2D eigenvalue weighted by atomic mass is 9.65. The first-order chi connectivity index (χ1) is 9.79. The average molecular weight is 287 g/mol. The highest BCUT2D eigenvalue weighted by Crippen LogP contribution is 2.49. The Labute approximate surface area is 124 Å². The van der Waals surface area contributed by atoms with Crippen LogP contribution in [0.5, 0.6) is 0 Å². The molecule has 2 aliphatic heterocycles. The van der Waals surface area contributed by atoms with Gasteiger partial charge in [-0.3, -0.25) is 9.59 Å². The Hall–Kier alpha value is -1.68. The molecular formula is C17H21NO3. The Kier molecular flexibility index (Phi) is 2.99. The van der Waals surface area contributed by atoms with Crippen molar-refractivity contribution >= 4 is 11.6 Å². The quantitative estimate of drug-likeness (QED) is 0.802. The van der Waals surface area contributed by atoms with E-state index in [4.69, 9.17) is 0 Å². The van der Waals surface area contributed by atoms with E-state index in [0.717, 1.165) is 11.3 Å². The zero-order valence-corrected chi connectivity index (χ0v) is 12.7. The van der Waals surface area contributed by atoms with E-state index in [0.29, 0.717) is 19.3 Å². The standard InChI is InChI=1S/C17H21NO3/c1-11-14-6-4-5-9-18(14)17(15(11)20)8-7-16(3,21)13(10-17)12(2)19/h4-6,9,13,21H,7-8,10H2,1-3H3. The monoisotopic (exact) mass is 287 g/mol. The highest BCUT2D eigenvalue weighted by Gasteiger charge is 2.57. The minimum atomic E-state index is -1.02. The van der Waals surface area contributed by atoms with Gasteiger partial charge in [-0.1, -0.05) is 6.08 Å². The molecule has 0 aromatic heterocycles. The third-order valence-electron chi connectivity index (χ3n) is 5.30. The molecule has 1 fully saturated rings. The number of aliphatic hydroxyl groups is 1. The number of carbonyl (C=O) groups is 2. The van der Waals surface area contributed by atoms with Crippen LogP contribution < -0.4 is 0 Å². The van der Waals surface area contributed by atoms with Crippen LogP contribution in [0.15, 0.2) is 35.7 Å². The Bertz CT molecular complexity index is 612. The summed E-state index contributed by atoms with van der Waals surface area (Å²) in [6.07, 6.45) is 9.10. The molecule has 21 heavy (non-hydrogen) atoms. The SMILES string of the molecule is CC(=O)C1CC2(CCC1(C)O)C(=O)C(C)=C1C=CC=CN12. The summed E-state index contributed by atoms with van der Waals surface area (Å²) < 4.78 is 0. The van der Waals surface area contributed by atoms with E-state index in [-0.39, 0.29) is 11.6 Å². The number of Topliss-reactive ketones (excluding diaryl/α,β-unsaturated/α-hetero) is 2. The molecular weight excluding hydrogens is 266 g/mol. The van der Waals surface area contributed by atoms with Crippen LogP contribution in [0.3, 0.4) is 0 Å². The van der Waals surface area contributed by atoms with Gasteiger partial charge in [0.15, 0.2) is 5.78 Å². The summed E-state index contributed by atoms with van der Waals surface area (Å²) in [6, 6.07) is 0. The van der Waals surface area contributed by atoms with Gasteiger partial charge >= 0.3 is 0 Å². The van der Waals surface area contributed by atoms with E-state index >= 15 is 0 Å². The fourth-order valence-corrected chi connectivity index (χ4v) is 4.00. The maximum absolute atomic E-state index is 12.9. The lowest BCUT2D eigenvalue weighted by Crippen LogP contribution is -2.58. The van der Waals surface area contributed by atoms with Crippen molar-refractivity contribution in [3.05, 3.63) is 35.7 Å². The van der Waals surface area contributed by atoms with Crippen LogP contribution in [0.25, 0.3) is 0 Å². The van der Waals surface area contributed by atoms with Crippen LogP contribution in [0.4, 0.5) is 0 Å². The van der Waals surface area contributed by atoms with Crippen molar-refractivity contribution in [3.8, 4) is 0 Å². The van der Waals surface area contributed by atoms with Gasteiger partial charge in [0.25, 0.3) is 0 Å². The van der Waals surface area contributed by atoms with E-state index in [9.17, 15) is 14.7 Å². The summed E-state index contributed by atoms with van der Waals surface area (Å²) in [5.74, 6) is -0.452. The number of fused-ring (bicyclic) bond motifs is 2. The third kappa shape index (κ3) is 1.85. The number of rotatable bonds is 1. The lowest BCUT2D eigenvalue weighted by molar-refractivity contribution is -0.143. The van der Waals surface area contributed by atoms with E-state index in [1.54, 1.807) is 6.92 Å². The maximum Gasteiger partial charge on any atom is 0.186 e. The first-order valence-corrected chi connectivity index (χ1v) is 7.42. The van der Waals surface area contributed by atoms with Crippen molar-refractivity contribution in [2.45, 2.75) is 51.2 Å². The molecule has 1 aliphatic carbocycles. The molecule has 3 atom stereocenters. The highest BCUT2D eigenvalue weighted by atomic mass is 16.3. The minimum Gasteiger partial charge on any atom is -0.389 e. The van der Waals surface area contributed by atoms with E-state index in [1.165, 1.54) is 6.92 Å². The number of allylic oxidation sites excluding steroid dienone is 3. The summed E-state index contributed by atoms with van der Waals surface area (Å²) in [4.78, 5) is 26.8. The third-order valence-corrected chi connectivity index (χ3v) is 5.30. The van der Waals surface area contributed by atoms with Crippen molar-refractivity contribution in [2.75, 3.05) is 0 Å². The molecule has 4 nitrogen and oxygen atoms in total. The van der Waals surface area contributed by atoms with E-state index in [1.807, 2.05) is 36.3 Å². The fraction of sp³-hybridized carbons (Fsp3) is 0.529. The van der Waals surface area contributed by atoms with Crippen LogP contribution in [-0.2, 0) is 9.59 Å². The van der Waals surface area contributed by atoms with Crippen LogP contribution in [0, 0.1) is 5.92 Å². The van der Waals surface area contributed by atoms with Crippen LogP contribution >= 0.6 is 0 Å². The van der Waals surface area contributed by atoms with Gasteiger partial charge in [0.2, 0.25) is 0 Å². The number of hydrogen-bond acceptors (Lipinski definition) is 4. The summed E-state index contributed by atoms with van der Waals surface area (Å²) in [5, 5.41) is 10.5. The normalized spacial score (nSPS) is 38.4. The molecule has 0 amide bonds. The molecule has 0 radical (unpaired) electrons. The van der Waals surface area contributed by atoms with Crippen LogP contribution in [0.1, 0.15) is 40.0 Å². The first kappa shape index (κ1) is 14.3. The molecule has 0 aromatic carbocycles. The number of ketones is 2. The molecule has 1 spiro atoms. The average Bonchev–Trinajstić information content (AvgIpc) is 2.64. The fourth-order valence-electron chi connectivity index (χ4n) is 4.00. The van der Waals surface area contributed by atoms with Crippen molar-refractivity contribution in [3.63, 3.8) is 0 Å². The second-order valence-corrected chi connectivity index (χ2v) is 6.67. The molecule has 0 bridgehead atoms. The van der Waals surface area contributed by atoms with E-state index < -0.39 is 17.1 Å². The largest absolute Gasteiger partial charge is 0.389 e. The van der Waals surface area contributed by atoms with Gasteiger partial charge in [0.1, 0.15) is 11.3 Å². The van der Waals surface area contributed by atoms with Crippen LogP contribution in [-0.4, -0.2) is 32.7 Å². The zero-order chi connectivity index (χ0) is 15.4. The summed E-state index contributed by atoms with van der Waals surface area (Å²) in [7, 11) is 0. The predicted octanol–water partition coefficient (Wildman–Crippen LogP) is 2.11. The van der Waals surface area contributed by atoms with Crippen molar-refractivity contribution < 1.29 is 14.7 Å². The molecule has 112 valence electrons. The predicted molar refractivity (Wildman–Crippen MR) is 79.2 cm³/mol. The highest BCUT2D eigenvalue weighted by molar-refractivity contribution is 6.06. The van der Waals surface area contributed by atoms with Gasteiger partial charge in [0, 0.05) is 23.4 Å². The lowest BCUT2D eigenvalue weighted by Gasteiger charge is -2.48. The smallest absolute Gasteiger partial charge is 0.186 e. The topological polar surface area (TPSA) is 57.6 Å². The molecule has 4 heteroatoms. The van der Waals surface area contributed by atoms with Gasteiger partial charge in [-0.25, -0.2) is 0 Å². The number of carbonyl (C=O) groups excluding carboxylic acids is 2. The Morgan fingerprint density at radius 3 is 2.76 bits per heavy atom. The van der Waals surface area contributed by atoms with Crippen molar-refractivity contribution in [1.29, 1.82) is 0 Å². The number of nitrogens with zero attached hydrogens (tertiary/aromatic N) is 1.